The van der Waals surface area contributed by atoms with E-state index in [9.17, 15) is 5.11 Å². The van der Waals surface area contributed by atoms with E-state index in [1.807, 2.05) is 26.0 Å². The molecule has 72 valence electrons. The smallest absolute Gasteiger partial charge is 0.0795 e. The molecule has 1 aromatic rings. The fourth-order valence-electron chi connectivity index (χ4n) is 1.56. The summed E-state index contributed by atoms with van der Waals surface area (Å²) >= 11 is 3.40. The number of hydrogen-bond acceptors (Lipinski definition) is 1. The first-order chi connectivity index (χ1) is 6.27. The van der Waals surface area contributed by atoms with Crippen LogP contribution in [0.3, 0.4) is 0 Å². The molecule has 1 aliphatic rings. The number of hydrogen-bond donors (Lipinski definition) is 1. The van der Waals surface area contributed by atoms with Crippen LogP contribution in [0.2, 0.25) is 0 Å². The van der Waals surface area contributed by atoms with E-state index in [0.717, 1.165) is 22.9 Å². The molecule has 0 saturated heterocycles. The Morgan fingerprint density at radius 1 is 1.38 bits per heavy atom. The van der Waals surface area contributed by atoms with Crippen LogP contribution in [0.5, 0.6) is 0 Å². The van der Waals surface area contributed by atoms with Gasteiger partial charge in [-0.05, 0) is 36.1 Å². The third-order valence-electron chi connectivity index (χ3n) is 2.15. The minimum Gasteiger partial charge on any atom is -0.388 e. The van der Waals surface area contributed by atoms with Gasteiger partial charge < -0.3 is 5.11 Å². The van der Waals surface area contributed by atoms with Crippen molar-refractivity contribution in [1.82, 2.24) is 0 Å². The van der Waals surface area contributed by atoms with Crippen LogP contribution in [0.1, 0.15) is 37.5 Å². The molecule has 0 aliphatic heterocycles. The van der Waals surface area contributed by atoms with E-state index >= 15 is 0 Å². The second-order valence-corrected chi connectivity index (χ2v) is 3.81. The first-order valence-corrected chi connectivity index (χ1v) is 5.53. The van der Waals surface area contributed by atoms with Gasteiger partial charge in [0, 0.05) is 4.47 Å². The van der Waals surface area contributed by atoms with Crippen molar-refractivity contribution in [2.24, 2.45) is 0 Å². The Bertz CT molecular complexity index is 283. The van der Waals surface area contributed by atoms with Crippen LogP contribution in [0, 0.1) is 0 Å². The quantitative estimate of drug-likeness (QED) is 0.739. The van der Waals surface area contributed by atoms with Gasteiger partial charge in [-0.15, -0.1) is 0 Å². The number of aliphatic hydroxyl groups excluding tert-OH is 1. The average molecular weight is 243 g/mol. The molecule has 1 aromatic carbocycles. The molecule has 2 heteroatoms. The SMILES string of the molecule is CC.OC1CCc2cc(Br)ccc21. The molecule has 0 fully saturated rings. The first kappa shape index (κ1) is 10.7. The van der Waals surface area contributed by atoms with E-state index in [-0.39, 0.29) is 6.10 Å². The van der Waals surface area contributed by atoms with Crippen LogP contribution in [0.25, 0.3) is 0 Å². The highest BCUT2D eigenvalue weighted by Gasteiger charge is 2.19. The van der Waals surface area contributed by atoms with Crippen molar-refractivity contribution in [3.8, 4) is 0 Å². The molecular formula is C11H15BrO. The van der Waals surface area contributed by atoms with Crippen molar-refractivity contribution < 1.29 is 5.11 Å². The summed E-state index contributed by atoms with van der Waals surface area (Å²) in [6.45, 7) is 4.00. The van der Waals surface area contributed by atoms with Crippen LogP contribution in [0.15, 0.2) is 22.7 Å². The monoisotopic (exact) mass is 242 g/mol. The molecule has 1 nitrogen and oxygen atoms in total. The average Bonchev–Trinajstić information content (AvgIpc) is 2.51. The van der Waals surface area contributed by atoms with Gasteiger partial charge in [0.2, 0.25) is 0 Å². The van der Waals surface area contributed by atoms with E-state index in [0.29, 0.717) is 0 Å². The second-order valence-electron chi connectivity index (χ2n) is 2.90. The Morgan fingerprint density at radius 3 is 2.77 bits per heavy atom. The normalized spacial score (nSPS) is 18.9. The predicted molar refractivity (Wildman–Crippen MR) is 58.8 cm³/mol. The van der Waals surface area contributed by atoms with Gasteiger partial charge in [0.15, 0.2) is 0 Å². The van der Waals surface area contributed by atoms with Crippen molar-refractivity contribution in [2.75, 3.05) is 0 Å². The van der Waals surface area contributed by atoms with E-state index < -0.39 is 0 Å². The molecule has 0 amide bonds. The molecule has 0 bridgehead atoms. The molecule has 13 heavy (non-hydrogen) atoms. The zero-order valence-corrected chi connectivity index (χ0v) is 9.63. The molecule has 0 radical (unpaired) electrons. The molecule has 1 aliphatic carbocycles. The fourth-order valence-corrected chi connectivity index (χ4v) is 1.97. The van der Waals surface area contributed by atoms with E-state index in [4.69, 9.17) is 0 Å². The van der Waals surface area contributed by atoms with E-state index in [1.54, 1.807) is 0 Å². The number of benzene rings is 1. The molecule has 0 aromatic heterocycles. The highest BCUT2D eigenvalue weighted by atomic mass is 79.9. The van der Waals surface area contributed by atoms with Crippen molar-refractivity contribution in [3.05, 3.63) is 33.8 Å². The van der Waals surface area contributed by atoms with Gasteiger partial charge in [0.1, 0.15) is 0 Å². The summed E-state index contributed by atoms with van der Waals surface area (Å²) < 4.78 is 1.10. The minimum atomic E-state index is -0.224. The van der Waals surface area contributed by atoms with Crippen molar-refractivity contribution in [3.63, 3.8) is 0 Å². The number of rotatable bonds is 0. The van der Waals surface area contributed by atoms with Crippen LogP contribution in [-0.4, -0.2) is 5.11 Å². The number of aliphatic hydroxyl groups is 1. The molecule has 1 atom stereocenters. The summed E-state index contributed by atoms with van der Waals surface area (Å²) in [5.74, 6) is 0. The maximum absolute atomic E-state index is 9.46. The largest absolute Gasteiger partial charge is 0.388 e. The lowest BCUT2D eigenvalue weighted by molar-refractivity contribution is 0.180. The highest BCUT2D eigenvalue weighted by molar-refractivity contribution is 9.10. The topological polar surface area (TPSA) is 20.2 Å². The Labute approximate surface area is 87.9 Å². The third-order valence-corrected chi connectivity index (χ3v) is 2.64. The summed E-state index contributed by atoms with van der Waals surface area (Å²) in [6.07, 6.45) is 1.67. The number of aryl methyl sites for hydroxylation is 1. The van der Waals surface area contributed by atoms with Gasteiger partial charge in [-0.1, -0.05) is 35.8 Å². The maximum atomic E-state index is 9.46. The number of fused-ring (bicyclic) bond motifs is 1. The van der Waals surface area contributed by atoms with Gasteiger partial charge >= 0.3 is 0 Å². The van der Waals surface area contributed by atoms with E-state index in [1.165, 1.54) is 5.56 Å². The van der Waals surface area contributed by atoms with Gasteiger partial charge in [0.05, 0.1) is 6.10 Å². The van der Waals surface area contributed by atoms with Crippen molar-refractivity contribution >= 4 is 15.9 Å². The molecular weight excluding hydrogens is 228 g/mol. The second kappa shape index (κ2) is 4.77. The van der Waals surface area contributed by atoms with Crippen LogP contribution >= 0.6 is 15.9 Å². The molecule has 0 saturated carbocycles. The Hall–Kier alpha value is -0.340. The summed E-state index contributed by atoms with van der Waals surface area (Å²) in [4.78, 5) is 0. The standard InChI is InChI=1S/C9H9BrO.C2H6/c10-7-2-3-8-6(5-7)1-4-9(8)11;1-2/h2-3,5,9,11H,1,4H2;1-2H3. The maximum Gasteiger partial charge on any atom is 0.0795 e. The van der Waals surface area contributed by atoms with E-state index in [2.05, 4.69) is 22.0 Å². The van der Waals surface area contributed by atoms with Gasteiger partial charge in [0.25, 0.3) is 0 Å². The molecule has 1 N–H and O–H groups in total. The molecule has 0 spiro atoms. The lowest BCUT2D eigenvalue weighted by Gasteiger charge is -2.02. The third kappa shape index (κ3) is 2.32. The van der Waals surface area contributed by atoms with Crippen LogP contribution in [0.4, 0.5) is 0 Å². The van der Waals surface area contributed by atoms with Gasteiger partial charge in [-0.2, -0.15) is 0 Å². The molecule has 1 unspecified atom stereocenters. The summed E-state index contributed by atoms with van der Waals surface area (Å²) in [5, 5.41) is 9.46. The summed E-state index contributed by atoms with van der Waals surface area (Å²) in [5.41, 5.74) is 2.39. The predicted octanol–water partition coefficient (Wildman–Crippen LogP) is 3.45. The van der Waals surface area contributed by atoms with Crippen LogP contribution in [-0.2, 0) is 6.42 Å². The zero-order valence-electron chi connectivity index (χ0n) is 8.05. The summed E-state index contributed by atoms with van der Waals surface area (Å²) in [6, 6.07) is 6.07. The first-order valence-electron chi connectivity index (χ1n) is 4.74. The highest BCUT2D eigenvalue weighted by Crippen LogP contribution is 2.32. The Balaban J connectivity index is 0.000000396. The lowest BCUT2D eigenvalue weighted by Crippen LogP contribution is -1.88. The lowest BCUT2D eigenvalue weighted by atomic mass is 10.1. The van der Waals surface area contributed by atoms with Crippen LogP contribution < -0.4 is 0 Å². The molecule has 2 rings (SSSR count). The Kier molecular flexibility index (Phi) is 3.94. The fraction of sp³-hybridized carbons (Fsp3) is 0.455. The van der Waals surface area contributed by atoms with Crippen molar-refractivity contribution in [1.29, 1.82) is 0 Å². The minimum absolute atomic E-state index is 0.224. The number of halogens is 1. The van der Waals surface area contributed by atoms with Gasteiger partial charge in [-0.3, -0.25) is 0 Å². The molecule has 0 heterocycles. The zero-order chi connectivity index (χ0) is 9.84. The van der Waals surface area contributed by atoms with Gasteiger partial charge in [-0.25, -0.2) is 0 Å². The Morgan fingerprint density at radius 2 is 2.08 bits per heavy atom. The van der Waals surface area contributed by atoms with Crippen molar-refractivity contribution in [2.45, 2.75) is 32.8 Å². The summed E-state index contributed by atoms with van der Waals surface area (Å²) in [7, 11) is 0.